The summed E-state index contributed by atoms with van der Waals surface area (Å²) < 4.78 is 67.1. The van der Waals surface area contributed by atoms with Gasteiger partial charge in [-0.2, -0.15) is 8.42 Å². The normalized spacial score (nSPS) is 11.7. The fourth-order valence-corrected chi connectivity index (χ4v) is 1.51. The Morgan fingerprint density at radius 2 is 1.64 bits per heavy atom. The molecule has 0 radical (unpaired) electrons. The molecule has 0 aromatic heterocycles. The third-order valence-corrected chi connectivity index (χ3v) is 2.12. The van der Waals surface area contributed by atoms with Gasteiger partial charge in [0.05, 0.1) is 0 Å². The molecule has 1 N–H and O–H groups in total. The minimum absolute atomic E-state index is 0.526. The average molecular weight is 226 g/mol. The number of halogens is 3. The van der Waals surface area contributed by atoms with E-state index in [-0.39, 0.29) is 0 Å². The van der Waals surface area contributed by atoms with Gasteiger partial charge in [-0.05, 0) is 12.1 Å². The molecule has 7 heteroatoms. The maximum Gasteiger partial charge on any atom is 0.269 e. The molecule has 1 aromatic rings. The summed E-state index contributed by atoms with van der Waals surface area (Å²) in [6.07, 6.45) is 0. The van der Waals surface area contributed by atoms with E-state index in [1.165, 1.54) is 0 Å². The van der Waals surface area contributed by atoms with Gasteiger partial charge in [-0.15, -0.1) is 0 Å². The predicted molar refractivity (Wildman–Crippen MR) is 41.6 cm³/mol. The summed E-state index contributed by atoms with van der Waals surface area (Å²) in [4.78, 5) is 0. The molecule has 1 rings (SSSR count). The van der Waals surface area contributed by atoms with Crippen LogP contribution in [0.1, 0.15) is 5.56 Å². The van der Waals surface area contributed by atoms with E-state index in [1.54, 1.807) is 0 Å². The van der Waals surface area contributed by atoms with Gasteiger partial charge >= 0.3 is 0 Å². The molecule has 0 saturated carbocycles. The molecule has 0 amide bonds. The fraction of sp³-hybridized carbons (Fsp3) is 0.143. The van der Waals surface area contributed by atoms with Crippen molar-refractivity contribution in [1.82, 2.24) is 0 Å². The van der Waals surface area contributed by atoms with Crippen molar-refractivity contribution >= 4 is 10.1 Å². The summed E-state index contributed by atoms with van der Waals surface area (Å²) in [6, 6.07) is 1.11. The zero-order valence-electron chi connectivity index (χ0n) is 6.67. The molecule has 0 unspecified atom stereocenters. The second kappa shape index (κ2) is 3.58. The van der Waals surface area contributed by atoms with Crippen molar-refractivity contribution in [3.8, 4) is 0 Å². The van der Waals surface area contributed by atoms with Gasteiger partial charge in [-0.3, -0.25) is 4.55 Å². The Balaban J connectivity index is 3.27. The minimum Gasteiger partial charge on any atom is -0.285 e. The van der Waals surface area contributed by atoms with Gasteiger partial charge in [0.2, 0.25) is 0 Å². The molecule has 0 aliphatic carbocycles. The second-order valence-electron chi connectivity index (χ2n) is 2.55. The number of benzene rings is 1. The van der Waals surface area contributed by atoms with Crippen LogP contribution < -0.4 is 0 Å². The fourth-order valence-electron chi connectivity index (χ4n) is 0.884. The molecule has 0 spiro atoms. The number of hydrogen-bond donors (Lipinski definition) is 1. The minimum atomic E-state index is -4.59. The third kappa shape index (κ3) is 2.46. The van der Waals surface area contributed by atoms with Crippen LogP contribution in [0.15, 0.2) is 12.1 Å². The Morgan fingerprint density at radius 1 is 1.14 bits per heavy atom. The van der Waals surface area contributed by atoms with E-state index in [2.05, 4.69) is 0 Å². The highest BCUT2D eigenvalue weighted by molar-refractivity contribution is 7.85. The van der Waals surface area contributed by atoms with Gasteiger partial charge in [-0.25, -0.2) is 13.2 Å². The Bertz CT molecular complexity index is 455. The first-order valence-corrected chi connectivity index (χ1v) is 4.99. The van der Waals surface area contributed by atoms with Gasteiger partial charge in [0.1, 0.15) is 11.6 Å². The first-order chi connectivity index (χ1) is 6.31. The van der Waals surface area contributed by atoms with Crippen molar-refractivity contribution in [2.75, 3.05) is 0 Å². The van der Waals surface area contributed by atoms with E-state index >= 15 is 0 Å². The molecular formula is C7H5F3O3S. The van der Waals surface area contributed by atoms with E-state index < -0.39 is 38.9 Å². The van der Waals surface area contributed by atoms with E-state index in [9.17, 15) is 21.6 Å². The van der Waals surface area contributed by atoms with Crippen molar-refractivity contribution in [3.63, 3.8) is 0 Å². The van der Waals surface area contributed by atoms with Crippen LogP contribution in [-0.4, -0.2) is 13.0 Å². The molecule has 3 nitrogen and oxygen atoms in total. The van der Waals surface area contributed by atoms with Gasteiger partial charge < -0.3 is 0 Å². The van der Waals surface area contributed by atoms with Gasteiger partial charge in [0.25, 0.3) is 10.1 Å². The molecule has 0 saturated heterocycles. The van der Waals surface area contributed by atoms with E-state index in [0.717, 1.165) is 0 Å². The maximum absolute atomic E-state index is 12.8. The van der Waals surface area contributed by atoms with Crippen LogP contribution >= 0.6 is 0 Å². The zero-order valence-corrected chi connectivity index (χ0v) is 7.48. The largest absolute Gasteiger partial charge is 0.285 e. The van der Waals surface area contributed by atoms with Gasteiger partial charge in [0, 0.05) is 5.56 Å². The summed E-state index contributed by atoms with van der Waals surface area (Å²) in [5.74, 6) is -5.49. The molecule has 14 heavy (non-hydrogen) atoms. The Hall–Kier alpha value is -1.08. The molecule has 78 valence electrons. The predicted octanol–water partition coefficient (Wildman–Crippen LogP) is 1.49. The lowest BCUT2D eigenvalue weighted by Gasteiger charge is -2.02. The lowest BCUT2D eigenvalue weighted by atomic mass is 10.2. The molecule has 0 aliphatic rings. The van der Waals surface area contributed by atoms with Crippen LogP contribution in [0.5, 0.6) is 0 Å². The van der Waals surface area contributed by atoms with Crippen molar-refractivity contribution in [1.29, 1.82) is 0 Å². The van der Waals surface area contributed by atoms with Crippen LogP contribution in [0.4, 0.5) is 13.2 Å². The van der Waals surface area contributed by atoms with Gasteiger partial charge in [0.15, 0.2) is 11.6 Å². The van der Waals surface area contributed by atoms with Gasteiger partial charge in [-0.1, -0.05) is 0 Å². The number of hydrogen-bond acceptors (Lipinski definition) is 2. The summed E-state index contributed by atoms with van der Waals surface area (Å²) in [5.41, 5.74) is -1.01. The SMILES string of the molecule is O=S(=O)(O)Cc1c(F)ccc(F)c1F. The van der Waals surface area contributed by atoms with Crippen LogP contribution in [-0.2, 0) is 15.9 Å². The first-order valence-electron chi connectivity index (χ1n) is 3.39. The van der Waals surface area contributed by atoms with Crippen molar-refractivity contribution in [3.05, 3.63) is 35.1 Å². The molecule has 1 aromatic carbocycles. The highest BCUT2D eigenvalue weighted by Gasteiger charge is 2.18. The molecular weight excluding hydrogens is 221 g/mol. The van der Waals surface area contributed by atoms with Crippen molar-refractivity contribution in [2.24, 2.45) is 0 Å². The Kier molecular flexibility index (Phi) is 2.81. The molecule has 0 atom stereocenters. The topological polar surface area (TPSA) is 54.4 Å². The monoisotopic (exact) mass is 226 g/mol. The van der Waals surface area contributed by atoms with Crippen molar-refractivity contribution in [2.45, 2.75) is 5.75 Å². The van der Waals surface area contributed by atoms with Crippen LogP contribution in [0.25, 0.3) is 0 Å². The standard InChI is InChI=1S/C7H5F3O3S/c8-5-1-2-6(9)7(10)4(5)3-14(11,12)13/h1-2H,3H2,(H,11,12,13). The number of rotatable bonds is 2. The van der Waals surface area contributed by atoms with Crippen LogP contribution in [0, 0.1) is 17.5 Å². The average Bonchev–Trinajstić information content (AvgIpc) is 2.04. The quantitative estimate of drug-likeness (QED) is 0.614. The zero-order chi connectivity index (χ0) is 10.9. The molecule has 0 aliphatic heterocycles. The summed E-state index contributed by atoms with van der Waals surface area (Å²) in [7, 11) is -4.59. The van der Waals surface area contributed by atoms with Crippen molar-refractivity contribution < 1.29 is 26.1 Å². The smallest absolute Gasteiger partial charge is 0.269 e. The summed E-state index contributed by atoms with van der Waals surface area (Å²) >= 11 is 0. The first kappa shape index (κ1) is 11.0. The Morgan fingerprint density at radius 3 is 2.14 bits per heavy atom. The summed E-state index contributed by atoms with van der Waals surface area (Å²) in [6.45, 7) is 0. The van der Waals surface area contributed by atoms with Crippen LogP contribution in [0.3, 0.4) is 0 Å². The highest BCUT2D eigenvalue weighted by atomic mass is 32.2. The molecule has 0 fully saturated rings. The lowest BCUT2D eigenvalue weighted by molar-refractivity contribution is 0.465. The maximum atomic E-state index is 12.8. The highest BCUT2D eigenvalue weighted by Crippen LogP contribution is 2.17. The molecule has 0 heterocycles. The second-order valence-corrected chi connectivity index (χ2v) is 4.00. The van der Waals surface area contributed by atoms with E-state index in [0.29, 0.717) is 12.1 Å². The van der Waals surface area contributed by atoms with E-state index in [4.69, 9.17) is 4.55 Å². The van der Waals surface area contributed by atoms with Crippen LogP contribution in [0.2, 0.25) is 0 Å². The van der Waals surface area contributed by atoms with E-state index in [1.807, 2.05) is 0 Å². The summed E-state index contributed by atoms with van der Waals surface area (Å²) in [5, 5.41) is 0. The third-order valence-electron chi connectivity index (χ3n) is 1.47. The lowest BCUT2D eigenvalue weighted by Crippen LogP contribution is -2.07. The Labute approximate surface area is 77.9 Å². The molecule has 0 bridgehead atoms.